The van der Waals surface area contributed by atoms with Gasteiger partial charge in [-0.1, -0.05) is 20.8 Å². The van der Waals surface area contributed by atoms with Crippen LogP contribution in [0.3, 0.4) is 0 Å². The second-order valence-corrected chi connectivity index (χ2v) is 7.81. The highest BCUT2D eigenvalue weighted by molar-refractivity contribution is 7.89. The zero-order chi connectivity index (χ0) is 15.6. The average molecular weight is 314 g/mol. The first-order valence-corrected chi connectivity index (χ1v) is 9.13. The number of H-pyrrole nitrogens is 1. The molecule has 7 heteroatoms. The maximum atomic E-state index is 12.7. The van der Waals surface area contributed by atoms with Crippen LogP contribution in [0.5, 0.6) is 0 Å². The molecule has 1 aliphatic rings. The van der Waals surface area contributed by atoms with Gasteiger partial charge in [-0.15, -0.1) is 0 Å². The number of nitrogens with zero attached hydrogens (tertiary/aromatic N) is 1. The standard InChI is InChI=1S/C14H26N4O2S/c1-5-12(9(2)3)18-21(19,20)14-10(4)16-17-13(14)8-15-11-6-7-11/h9,11-12,15,18H,5-8H2,1-4H3,(H,16,17). The first kappa shape index (κ1) is 16.5. The molecular formula is C14H26N4O2S. The highest BCUT2D eigenvalue weighted by Gasteiger charge is 2.29. The van der Waals surface area contributed by atoms with Gasteiger partial charge in [0.25, 0.3) is 0 Å². The lowest BCUT2D eigenvalue weighted by Gasteiger charge is -2.20. The van der Waals surface area contributed by atoms with Gasteiger partial charge in [0.1, 0.15) is 4.90 Å². The molecular weight excluding hydrogens is 288 g/mol. The van der Waals surface area contributed by atoms with Crippen molar-refractivity contribution in [2.45, 2.75) is 70.5 Å². The van der Waals surface area contributed by atoms with Gasteiger partial charge in [0, 0.05) is 18.6 Å². The number of hydrogen-bond donors (Lipinski definition) is 3. The molecule has 1 aromatic heterocycles. The highest BCUT2D eigenvalue weighted by Crippen LogP contribution is 2.22. The van der Waals surface area contributed by atoms with Gasteiger partial charge < -0.3 is 5.32 Å². The minimum atomic E-state index is -3.55. The lowest BCUT2D eigenvalue weighted by Crippen LogP contribution is -2.38. The van der Waals surface area contributed by atoms with Gasteiger partial charge in [-0.3, -0.25) is 5.10 Å². The van der Waals surface area contributed by atoms with Gasteiger partial charge in [-0.2, -0.15) is 5.10 Å². The van der Waals surface area contributed by atoms with Crippen LogP contribution in [0.1, 0.15) is 51.4 Å². The van der Waals surface area contributed by atoms with E-state index in [4.69, 9.17) is 0 Å². The van der Waals surface area contributed by atoms with E-state index in [1.807, 2.05) is 20.8 Å². The van der Waals surface area contributed by atoms with E-state index < -0.39 is 10.0 Å². The lowest BCUT2D eigenvalue weighted by atomic mass is 10.0. The minimum absolute atomic E-state index is 0.0615. The third kappa shape index (κ3) is 4.05. The third-order valence-corrected chi connectivity index (χ3v) is 5.61. The molecule has 3 N–H and O–H groups in total. The van der Waals surface area contributed by atoms with Crippen molar-refractivity contribution in [2.75, 3.05) is 0 Å². The first-order chi connectivity index (χ1) is 9.85. The molecule has 2 rings (SSSR count). The molecule has 1 saturated carbocycles. The molecule has 0 spiro atoms. The molecule has 1 atom stereocenters. The molecule has 0 aliphatic heterocycles. The molecule has 21 heavy (non-hydrogen) atoms. The second-order valence-electron chi connectivity index (χ2n) is 6.16. The molecule has 0 bridgehead atoms. The Morgan fingerprint density at radius 3 is 2.57 bits per heavy atom. The number of aromatic amines is 1. The molecule has 1 unspecified atom stereocenters. The predicted octanol–water partition coefficient (Wildman–Crippen LogP) is 1.68. The van der Waals surface area contributed by atoms with Gasteiger partial charge in [-0.05, 0) is 32.1 Å². The Morgan fingerprint density at radius 1 is 1.38 bits per heavy atom. The normalized spacial score (nSPS) is 17.4. The molecule has 0 radical (unpaired) electrons. The van der Waals surface area contributed by atoms with Crippen LogP contribution in [0.4, 0.5) is 0 Å². The van der Waals surface area contributed by atoms with Gasteiger partial charge in [-0.25, -0.2) is 13.1 Å². The largest absolute Gasteiger partial charge is 0.308 e. The summed E-state index contributed by atoms with van der Waals surface area (Å²) < 4.78 is 28.2. The number of aryl methyl sites for hydroxylation is 1. The fourth-order valence-electron chi connectivity index (χ4n) is 2.42. The summed E-state index contributed by atoms with van der Waals surface area (Å²) in [5, 5.41) is 10.3. The van der Waals surface area contributed by atoms with Crippen LogP contribution in [-0.2, 0) is 16.6 Å². The van der Waals surface area contributed by atoms with Crippen LogP contribution in [0.25, 0.3) is 0 Å². The molecule has 0 saturated heterocycles. The molecule has 120 valence electrons. The van der Waals surface area contributed by atoms with Crippen LogP contribution in [-0.4, -0.2) is 30.7 Å². The summed E-state index contributed by atoms with van der Waals surface area (Å²) in [5.74, 6) is 0.255. The summed E-state index contributed by atoms with van der Waals surface area (Å²) in [7, 11) is -3.55. The Balaban J connectivity index is 2.19. The number of hydrogen-bond acceptors (Lipinski definition) is 4. The summed E-state index contributed by atoms with van der Waals surface area (Å²) in [6.45, 7) is 8.27. The van der Waals surface area contributed by atoms with Crippen LogP contribution in [0, 0.1) is 12.8 Å². The number of aromatic nitrogens is 2. The van der Waals surface area contributed by atoms with Crippen molar-refractivity contribution in [3.05, 3.63) is 11.4 Å². The van der Waals surface area contributed by atoms with Gasteiger partial charge in [0.2, 0.25) is 10.0 Å². The summed E-state index contributed by atoms with van der Waals surface area (Å²) in [5.41, 5.74) is 1.17. The van der Waals surface area contributed by atoms with Gasteiger partial charge >= 0.3 is 0 Å². The summed E-state index contributed by atoms with van der Waals surface area (Å²) in [4.78, 5) is 0.301. The van der Waals surface area contributed by atoms with Crippen molar-refractivity contribution in [1.82, 2.24) is 20.2 Å². The fourth-order valence-corrected chi connectivity index (χ4v) is 4.26. The summed E-state index contributed by atoms with van der Waals surface area (Å²) >= 11 is 0. The van der Waals surface area contributed by atoms with E-state index >= 15 is 0 Å². The Labute approximate surface area is 127 Å². The maximum Gasteiger partial charge on any atom is 0.244 e. The van der Waals surface area contributed by atoms with Crippen molar-refractivity contribution in [1.29, 1.82) is 0 Å². The zero-order valence-corrected chi connectivity index (χ0v) is 14.0. The highest BCUT2D eigenvalue weighted by atomic mass is 32.2. The quantitative estimate of drug-likeness (QED) is 0.681. The van der Waals surface area contributed by atoms with E-state index in [0.717, 1.165) is 19.3 Å². The summed E-state index contributed by atoms with van der Waals surface area (Å²) in [6, 6.07) is 0.457. The van der Waals surface area contributed by atoms with E-state index in [1.54, 1.807) is 6.92 Å². The SMILES string of the molecule is CCC(NS(=O)(=O)c1c(CNC2CC2)n[nH]c1C)C(C)C. The maximum absolute atomic E-state index is 12.7. The molecule has 1 heterocycles. The number of nitrogens with one attached hydrogen (secondary N) is 3. The van der Waals surface area contributed by atoms with Crippen molar-refractivity contribution in [3.63, 3.8) is 0 Å². The van der Waals surface area contributed by atoms with Crippen molar-refractivity contribution in [2.24, 2.45) is 5.92 Å². The van der Waals surface area contributed by atoms with Gasteiger partial charge in [0.15, 0.2) is 0 Å². The van der Waals surface area contributed by atoms with Crippen LogP contribution in [0.15, 0.2) is 4.90 Å². The van der Waals surface area contributed by atoms with Crippen LogP contribution >= 0.6 is 0 Å². The van der Waals surface area contributed by atoms with E-state index in [1.165, 1.54) is 0 Å². The Bertz CT molecular complexity index is 576. The minimum Gasteiger partial charge on any atom is -0.308 e. The van der Waals surface area contributed by atoms with Crippen molar-refractivity contribution < 1.29 is 8.42 Å². The molecule has 0 amide bonds. The van der Waals surface area contributed by atoms with E-state index in [2.05, 4.69) is 20.2 Å². The summed E-state index contributed by atoms with van der Waals surface area (Å²) in [6.07, 6.45) is 3.09. The van der Waals surface area contributed by atoms with Crippen LogP contribution in [0.2, 0.25) is 0 Å². The Morgan fingerprint density at radius 2 is 2.05 bits per heavy atom. The molecule has 0 aromatic carbocycles. The molecule has 1 fully saturated rings. The Hall–Kier alpha value is -0.920. The molecule has 6 nitrogen and oxygen atoms in total. The smallest absolute Gasteiger partial charge is 0.244 e. The predicted molar refractivity (Wildman–Crippen MR) is 82.4 cm³/mol. The second kappa shape index (κ2) is 6.46. The zero-order valence-electron chi connectivity index (χ0n) is 13.2. The van der Waals surface area contributed by atoms with Crippen molar-refractivity contribution in [3.8, 4) is 0 Å². The Kier molecular flexibility index (Phi) is 5.06. The number of rotatable bonds is 8. The third-order valence-electron chi connectivity index (χ3n) is 3.92. The average Bonchev–Trinajstić information content (AvgIpc) is 3.16. The topological polar surface area (TPSA) is 86.9 Å². The van der Waals surface area contributed by atoms with Gasteiger partial charge in [0.05, 0.1) is 11.4 Å². The van der Waals surface area contributed by atoms with E-state index in [-0.39, 0.29) is 12.0 Å². The monoisotopic (exact) mass is 314 g/mol. The lowest BCUT2D eigenvalue weighted by molar-refractivity contribution is 0.437. The van der Waals surface area contributed by atoms with E-state index in [9.17, 15) is 8.42 Å². The number of sulfonamides is 1. The first-order valence-electron chi connectivity index (χ1n) is 7.64. The van der Waals surface area contributed by atoms with E-state index in [0.29, 0.717) is 28.9 Å². The molecule has 1 aromatic rings. The van der Waals surface area contributed by atoms with Crippen molar-refractivity contribution >= 4 is 10.0 Å². The fraction of sp³-hybridized carbons (Fsp3) is 0.786. The van der Waals surface area contributed by atoms with Crippen LogP contribution < -0.4 is 10.0 Å². The molecule has 1 aliphatic carbocycles.